The summed E-state index contributed by atoms with van der Waals surface area (Å²) in [5.74, 6) is 0.830. The summed E-state index contributed by atoms with van der Waals surface area (Å²) in [4.78, 5) is 8.16. The minimum Gasteiger partial charge on any atom is -0.383 e. The lowest BCUT2D eigenvalue weighted by molar-refractivity contribution is 0.806. The van der Waals surface area contributed by atoms with Crippen molar-refractivity contribution in [1.29, 1.82) is 0 Å². The van der Waals surface area contributed by atoms with Crippen molar-refractivity contribution >= 4 is 37.7 Å². The van der Waals surface area contributed by atoms with Crippen molar-refractivity contribution in [3.05, 3.63) is 27.5 Å². The summed E-state index contributed by atoms with van der Waals surface area (Å²) in [6, 6.07) is 1.63. The fourth-order valence-electron chi connectivity index (χ4n) is 0.935. The number of aromatic nitrogens is 4. The van der Waals surface area contributed by atoms with Gasteiger partial charge in [0.15, 0.2) is 0 Å². The first-order chi connectivity index (χ1) is 6.65. The van der Waals surface area contributed by atoms with Crippen molar-refractivity contribution in [3.8, 4) is 5.95 Å². The second-order valence-electron chi connectivity index (χ2n) is 2.52. The molecule has 0 aromatic carbocycles. The number of anilines is 1. The highest BCUT2D eigenvalue weighted by molar-refractivity contribution is 9.10. The normalized spacial score (nSPS) is 10.4. The van der Waals surface area contributed by atoms with Crippen LogP contribution in [0.15, 0.2) is 27.5 Å². The quantitative estimate of drug-likeness (QED) is 0.814. The number of nitrogens with two attached hydrogens (primary N) is 1. The van der Waals surface area contributed by atoms with E-state index in [-0.39, 0.29) is 0 Å². The van der Waals surface area contributed by atoms with Crippen LogP contribution in [0.25, 0.3) is 5.95 Å². The van der Waals surface area contributed by atoms with Crippen LogP contribution in [0.2, 0.25) is 0 Å². The van der Waals surface area contributed by atoms with Crippen LogP contribution >= 0.6 is 31.9 Å². The average Bonchev–Trinajstić information content (AvgIpc) is 2.50. The maximum atomic E-state index is 5.57. The van der Waals surface area contributed by atoms with E-state index in [1.165, 1.54) is 4.68 Å². The largest absolute Gasteiger partial charge is 0.383 e. The molecule has 0 radical (unpaired) electrons. The lowest BCUT2D eigenvalue weighted by atomic mass is 10.6. The standard InChI is InChI=1S/C7H5Br2N5/c8-4-2-11-14(3-4)7-12-5(9)1-6(10)13-7/h1-3H,(H2,10,12,13). The van der Waals surface area contributed by atoms with E-state index in [2.05, 4.69) is 46.9 Å². The molecule has 2 aromatic rings. The summed E-state index contributed by atoms with van der Waals surface area (Å²) in [6.45, 7) is 0. The number of halogens is 2. The lowest BCUT2D eigenvalue weighted by Gasteiger charge is -2.00. The zero-order chi connectivity index (χ0) is 10.1. The van der Waals surface area contributed by atoms with Crippen molar-refractivity contribution in [3.63, 3.8) is 0 Å². The Bertz CT molecular complexity index is 447. The van der Waals surface area contributed by atoms with E-state index in [0.29, 0.717) is 16.4 Å². The van der Waals surface area contributed by atoms with Gasteiger partial charge in [0.25, 0.3) is 5.95 Å². The molecular formula is C7H5Br2N5. The van der Waals surface area contributed by atoms with Crippen LogP contribution < -0.4 is 5.73 Å². The molecule has 0 unspecified atom stereocenters. The highest BCUT2D eigenvalue weighted by Gasteiger charge is 2.04. The summed E-state index contributed by atoms with van der Waals surface area (Å²) < 4.78 is 3.02. The summed E-state index contributed by atoms with van der Waals surface area (Å²) in [5, 5.41) is 4.04. The van der Waals surface area contributed by atoms with Crippen LogP contribution in [0, 0.1) is 0 Å². The predicted octanol–water partition coefficient (Wildman–Crippen LogP) is 1.77. The topological polar surface area (TPSA) is 69.6 Å². The van der Waals surface area contributed by atoms with Gasteiger partial charge in [-0.05, 0) is 31.9 Å². The van der Waals surface area contributed by atoms with Gasteiger partial charge < -0.3 is 5.73 Å². The van der Waals surface area contributed by atoms with Crippen molar-refractivity contribution in [2.24, 2.45) is 0 Å². The Labute approximate surface area is 96.6 Å². The molecule has 7 heteroatoms. The smallest absolute Gasteiger partial charge is 0.253 e. The summed E-state index contributed by atoms with van der Waals surface area (Å²) in [6.07, 6.45) is 3.40. The molecule has 0 saturated carbocycles. The minimum absolute atomic E-state index is 0.397. The van der Waals surface area contributed by atoms with Crippen LogP contribution in [0.4, 0.5) is 5.82 Å². The number of rotatable bonds is 1. The molecule has 2 aromatic heterocycles. The third kappa shape index (κ3) is 1.93. The monoisotopic (exact) mass is 317 g/mol. The Hall–Kier alpha value is -0.950. The first-order valence-electron chi connectivity index (χ1n) is 3.66. The van der Waals surface area contributed by atoms with Gasteiger partial charge in [0.1, 0.15) is 10.4 Å². The molecule has 0 aliphatic heterocycles. The van der Waals surface area contributed by atoms with Crippen molar-refractivity contribution in [2.75, 3.05) is 5.73 Å². The third-order valence-corrected chi connectivity index (χ3v) is 2.27. The Balaban J connectivity index is 2.51. The Kier molecular flexibility index (Phi) is 2.51. The van der Waals surface area contributed by atoms with Crippen LogP contribution in [0.5, 0.6) is 0 Å². The fourth-order valence-corrected chi connectivity index (χ4v) is 1.61. The molecule has 72 valence electrons. The number of nitrogen functional groups attached to an aromatic ring is 1. The first-order valence-corrected chi connectivity index (χ1v) is 5.24. The molecule has 2 heterocycles. The number of nitrogens with zero attached hydrogens (tertiary/aromatic N) is 4. The molecule has 0 aliphatic rings. The molecule has 0 saturated heterocycles. The van der Waals surface area contributed by atoms with Crippen LogP contribution in [-0.4, -0.2) is 19.7 Å². The van der Waals surface area contributed by atoms with Gasteiger partial charge >= 0.3 is 0 Å². The molecule has 0 aliphatic carbocycles. The van der Waals surface area contributed by atoms with Crippen molar-refractivity contribution in [1.82, 2.24) is 19.7 Å². The first kappa shape index (κ1) is 9.60. The number of hydrogen-bond acceptors (Lipinski definition) is 4. The molecule has 2 rings (SSSR count). The van der Waals surface area contributed by atoms with Gasteiger partial charge in [-0.2, -0.15) is 10.1 Å². The zero-order valence-corrected chi connectivity index (χ0v) is 10.0. The van der Waals surface area contributed by atoms with Gasteiger partial charge in [-0.15, -0.1) is 0 Å². The molecule has 5 nitrogen and oxygen atoms in total. The maximum absolute atomic E-state index is 5.57. The molecule has 0 amide bonds. The second kappa shape index (κ2) is 3.66. The van der Waals surface area contributed by atoms with E-state index in [4.69, 9.17) is 5.73 Å². The summed E-state index contributed by atoms with van der Waals surface area (Å²) in [7, 11) is 0. The van der Waals surface area contributed by atoms with Gasteiger partial charge in [-0.3, -0.25) is 0 Å². The lowest BCUT2D eigenvalue weighted by Crippen LogP contribution is -2.04. The average molecular weight is 319 g/mol. The van der Waals surface area contributed by atoms with E-state index in [0.717, 1.165) is 4.47 Å². The highest BCUT2D eigenvalue weighted by Crippen LogP contribution is 2.14. The van der Waals surface area contributed by atoms with E-state index in [9.17, 15) is 0 Å². The Morgan fingerprint density at radius 2 is 2.07 bits per heavy atom. The molecular weight excluding hydrogens is 314 g/mol. The van der Waals surface area contributed by atoms with Gasteiger partial charge in [-0.1, -0.05) is 0 Å². The predicted molar refractivity (Wildman–Crippen MR) is 59.0 cm³/mol. The highest BCUT2D eigenvalue weighted by atomic mass is 79.9. The van der Waals surface area contributed by atoms with Gasteiger partial charge in [0, 0.05) is 12.3 Å². The molecule has 0 bridgehead atoms. The SMILES string of the molecule is Nc1cc(Br)nc(-n2cc(Br)cn2)n1. The molecule has 14 heavy (non-hydrogen) atoms. The minimum atomic E-state index is 0.397. The Morgan fingerprint density at radius 3 is 2.64 bits per heavy atom. The van der Waals surface area contributed by atoms with Crippen molar-refractivity contribution in [2.45, 2.75) is 0 Å². The summed E-state index contributed by atoms with van der Waals surface area (Å²) in [5.41, 5.74) is 5.57. The molecule has 0 fully saturated rings. The van der Waals surface area contributed by atoms with E-state index in [1.54, 1.807) is 18.5 Å². The van der Waals surface area contributed by atoms with Gasteiger partial charge in [0.2, 0.25) is 0 Å². The van der Waals surface area contributed by atoms with Crippen LogP contribution in [0.3, 0.4) is 0 Å². The van der Waals surface area contributed by atoms with E-state index < -0.39 is 0 Å². The Morgan fingerprint density at radius 1 is 1.29 bits per heavy atom. The molecule has 2 N–H and O–H groups in total. The van der Waals surface area contributed by atoms with Crippen LogP contribution in [0.1, 0.15) is 0 Å². The zero-order valence-electron chi connectivity index (χ0n) is 6.85. The van der Waals surface area contributed by atoms with E-state index >= 15 is 0 Å². The fraction of sp³-hybridized carbons (Fsp3) is 0. The van der Waals surface area contributed by atoms with Gasteiger partial charge in [-0.25, -0.2) is 9.67 Å². The second-order valence-corrected chi connectivity index (χ2v) is 4.25. The van der Waals surface area contributed by atoms with Crippen LogP contribution in [-0.2, 0) is 0 Å². The number of hydrogen-bond donors (Lipinski definition) is 1. The summed E-state index contributed by atoms with van der Waals surface area (Å²) >= 11 is 6.52. The molecule has 0 atom stereocenters. The van der Waals surface area contributed by atoms with Gasteiger partial charge in [0.05, 0.1) is 10.7 Å². The van der Waals surface area contributed by atoms with Crippen molar-refractivity contribution < 1.29 is 0 Å². The van der Waals surface area contributed by atoms with E-state index in [1.807, 2.05) is 0 Å². The molecule has 0 spiro atoms. The third-order valence-electron chi connectivity index (χ3n) is 1.46. The maximum Gasteiger partial charge on any atom is 0.253 e.